The van der Waals surface area contributed by atoms with E-state index in [-0.39, 0.29) is 16.5 Å². The first-order valence-corrected chi connectivity index (χ1v) is 10.2. The molecule has 0 saturated carbocycles. The van der Waals surface area contributed by atoms with Gasteiger partial charge in [0.05, 0.1) is 4.90 Å². The summed E-state index contributed by atoms with van der Waals surface area (Å²) in [5, 5.41) is 3.22. The van der Waals surface area contributed by atoms with Crippen molar-refractivity contribution in [1.29, 1.82) is 0 Å². The molecule has 2 aromatic carbocycles. The first kappa shape index (κ1) is 19.3. The molecule has 144 valence electrons. The van der Waals surface area contributed by atoms with Crippen LogP contribution in [0.15, 0.2) is 53.4 Å². The number of halogens is 1. The highest BCUT2D eigenvalue weighted by molar-refractivity contribution is 7.92. The average molecular weight is 391 g/mol. The molecule has 2 N–H and O–H groups in total. The van der Waals surface area contributed by atoms with Crippen molar-refractivity contribution in [3.63, 3.8) is 0 Å². The minimum atomic E-state index is -3.81. The van der Waals surface area contributed by atoms with Crippen LogP contribution in [0, 0.1) is 5.82 Å². The number of hydrogen-bond donors (Lipinski definition) is 2. The molecule has 2 aromatic rings. The molecule has 1 aliphatic heterocycles. The third kappa shape index (κ3) is 4.64. The molecule has 0 spiro atoms. The van der Waals surface area contributed by atoms with Crippen LogP contribution in [-0.4, -0.2) is 45.4 Å². The highest BCUT2D eigenvalue weighted by Crippen LogP contribution is 2.19. The number of amides is 1. The summed E-state index contributed by atoms with van der Waals surface area (Å²) < 4.78 is 40.2. The molecule has 0 aromatic heterocycles. The van der Waals surface area contributed by atoms with E-state index in [4.69, 9.17) is 0 Å². The molecule has 1 aliphatic rings. The van der Waals surface area contributed by atoms with E-state index in [0.29, 0.717) is 24.7 Å². The third-order valence-corrected chi connectivity index (χ3v) is 6.10. The number of anilines is 1. The number of carbonyl (C=O) groups excluding carboxylic acids is 1. The van der Waals surface area contributed by atoms with Crippen LogP contribution in [0.2, 0.25) is 0 Å². The van der Waals surface area contributed by atoms with E-state index in [9.17, 15) is 17.6 Å². The Morgan fingerprint density at radius 2 is 1.63 bits per heavy atom. The number of nitrogens with zero attached hydrogens (tertiary/aromatic N) is 1. The summed E-state index contributed by atoms with van der Waals surface area (Å²) in [6.45, 7) is 1.35. The van der Waals surface area contributed by atoms with Crippen LogP contribution in [0.5, 0.6) is 0 Å². The van der Waals surface area contributed by atoms with Gasteiger partial charge in [-0.05, 0) is 68.4 Å². The molecular weight excluding hydrogens is 369 g/mol. The molecule has 0 radical (unpaired) electrons. The standard InChI is InChI=1S/C19H22FN3O3S/c1-21-16-10-12-23(13-11-16)19(24)14-2-8-18(9-3-14)27(25,26)22-17-6-4-15(20)5-7-17/h2-9,16,21-22H,10-13H2,1H3. The molecule has 1 saturated heterocycles. The number of sulfonamides is 1. The Hall–Kier alpha value is -2.45. The lowest BCUT2D eigenvalue weighted by molar-refractivity contribution is 0.0707. The molecule has 1 amide bonds. The molecule has 0 aliphatic carbocycles. The summed E-state index contributed by atoms with van der Waals surface area (Å²) in [6.07, 6.45) is 1.80. The van der Waals surface area contributed by atoms with Crippen molar-refractivity contribution in [1.82, 2.24) is 10.2 Å². The van der Waals surface area contributed by atoms with E-state index in [1.807, 2.05) is 7.05 Å². The fraction of sp³-hybridized carbons (Fsp3) is 0.316. The summed E-state index contributed by atoms with van der Waals surface area (Å²) >= 11 is 0. The third-order valence-electron chi connectivity index (χ3n) is 4.70. The molecule has 1 heterocycles. The van der Waals surface area contributed by atoms with Gasteiger partial charge in [-0.15, -0.1) is 0 Å². The zero-order valence-electron chi connectivity index (χ0n) is 15.0. The second-order valence-electron chi connectivity index (χ2n) is 6.49. The average Bonchev–Trinajstić information content (AvgIpc) is 2.69. The Kier molecular flexibility index (Phi) is 5.76. The van der Waals surface area contributed by atoms with Gasteiger partial charge in [-0.1, -0.05) is 0 Å². The minimum Gasteiger partial charge on any atom is -0.339 e. The number of carbonyl (C=O) groups is 1. The molecule has 0 atom stereocenters. The summed E-state index contributed by atoms with van der Waals surface area (Å²) in [7, 11) is -1.89. The first-order valence-electron chi connectivity index (χ1n) is 8.74. The first-order chi connectivity index (χ1) is 12.9. The van der Waals surface area contributed by atoms with Gasteiger partial charge in [-0.25, -0.2) is 12.8 Å². The van der Waals surface area contributed by atoms with Gasteiger partial charge in [-0.3, -0.25) is 9.52 Å². The Morgan fingerprint density at radius 1 is 1.04 bits per heavy atom. The Morgan fingerprint density at radius 3 is 2.19 bits per heavy atom. The molecule has 1 fully saturated rings. The van der Waals surface area contributed by atoms with Crippen LogP contribution in [-0.2, 0) is 10.0 Å². The second-order valence-corrected chi connectivity index (χ2v) is 8.17. The quantitative estimate of drug-likeness (QED) is 0.821. The van der Waals surface area contributed by atoms with Crippen molar-refractivity contribution in [2.75, 3.05) is 24.9 Å². The molecule has 27 heavy (non-hydrogen) atoms. The molecule has 0 unspecified atom stereocenters. The SMILES string of the molecule is CNC1CCN(C(=O)c2ccc(S(=O)(=O)Nc3ccc(F)cc3)cc2)CC1. The Labute approximate surface area is 158 Å². The van der Waals surface area contributed by atoms with E-state index >= 15 is 0 Å². The summed E-state index contributed by atoms with van der Waals surface area (Å²) in [5.74, 6) is -0.542. The van der Waals surface area contributed by atoms with E-state index in [2.05, 4.69) is 10.0 Å². The second kappa shape index (κ2) is 8.06. The maximum absolute atomic E-state index is 12.9. The molecule has 0 bridgehead atoms. The molecule has 8 heteroatoms. The van der Waals surface area contributed by atoms with Crippen LogP contribution in [0.25, 0.3) is 0 Å². The van der Waals surface area contributed by atoms with Gasteiger partial charge in [-0.2, -0.15) is 0 Å². The predicted octanol–water partition coefficient (Wildman–Crippen LogP) is 2.45. The maximum Gasteiger partial charge on any atom is 0.261 e. The zero-order valence-corrected chi connectivity index (χ0v) is 15.8. The lowest BCUT2D eigenvalue weighted by Gasteiger charge is -2.31. The number of benzene rings is 2. The molecule has 6 nitrogen and oxygen atoms in total. The molecule has 3 rings (SSSR count). The van der Waals surface area contributed by atoms with Gasteiger partial charge in [0, 0.05) is 30.4 Å². The van der Waals surface area contributed by atoms with E-state index in [1.54, 1.807) is 4.90 Å². The van der Waals surface area contributed by atoms with Crippen LogP contribution in [0.1, 0.15) is 23.2 Å². The number of likely N-dealkylation sites (tertiary alicyclic amines) is 1. The van der Waals surface area contributed by atoms with Gasteiger partial charge in [0.1, 0.15) is 5.82 Å². The normalized spacial score (nSPS) is 15.6. The lowest BCUT2D eigenvalue weighted by Crippen LogP contribution is -2.43. The van der Waals surface area contributed by atoms with Gasteiger partial charge in [0.25, 0.3) is 15.9 Å². The Balaban J connectivity index is 1.69. The smallest absolute Gasteiger partial charge is 0.261 e. The molecular formula is C19H22FN3O3S. The van der Waals surface area contributed by atoms with Crippen LogP contribution >= 0.6 is 0 Å². The number of piperidine rings is 1. The van der Waals surface area contributed by atoms with Crippen molar-refractivity contribution in [2.24, 2.45) is 0 Å². The summed E-state index contributed by atoms with van der Waals surface area (Å²) in [4.78, 5) is 14.4. The van der Waals surface area contributed by atoms with Crippen molar-refractivity contribution < 1.29 is 17.6 Å². The highest BCUT2D eigenvalue weighted by Gasteiger charge is 2.23. The number of nitrogens with one attached hydrogen (secondary N) is 2. The predicted molar refractivity (Wildman–Crippen MR) is 102 cm³/mol. The zero-order chi connectivity index (χ0) is 19.4. The minimum absolute atomic E-state index is 0.0391. The number of rotatable bonds is 5. The van der Waals surface area contributed by atoms with Crippen LogP contribution in [0.4, 0.5) is 10.1 Å². The largest absolute Gasteiger partial charge is 0.339 e. The topological polar surface area (TPSA) is 78.5 Å². The van der Waals surface area contributed by atoms with Gasteiger partial charge < -0.3 is 10.2 Å². The fourth-order valence-corrected chi connectivity index (χ4v) is 4.12. The number of hydrogen-bond acceptors (Lipinski definition) is 4. The van der Waals surface area contributed by atoms with Crippen LogP contribution < -0.4 is 10.0 Å². The fourth-order valence-electron chi connectivity index (χ4n) is 3.06. The summed E-state index contributed by atoms with van der Waals surface area (Å²) in [5.41, 5.74) is 0.725. The highest BCUT2D eigenvalue weighted by atomic mass is 32.2. The monoisotopic (exact) mass is 391 g/mol. The van der Waals surface area contributed by atoms with E-state index in [1.165, 1.54) is 48.5 Å². The van der Waals surface area contributed by atoms with Gasteiger partial charge in [0.15, 0.2) is 0 Å². The van der Waals surface area contributed by atoms with Crippen molar-refractivity contribution in [3.05, 3.63) is 59.9 Å². The van der Waals surface area contributed by atoms with Gasteiger partial charge >= 0.3 is 0 Å². The summed E-state index contributed by atoms with van der Waals surface area (Å²) in [6, 6.07) is 11.3. The van der Waals surface area contributed by atoms with E-state index in [0.717, 1.165) is 12.8 Å². The van der Waals surface area contributed by atoms with Crippen LogP contribution in [0.3, 0.4) is 0 Å². The maximum atomic E-state index is 12.9. The van der Waals surface area contributed by atoms with Crippen molar-refractivity contribution in [3.8, 4) is 0 Å². The Bertz CT molecular complexity index is 891. The van der Waals surface area contributed by atoms with Gasteiger partial charge in [0.2, 0.25) is 0 Å². The van der Waals surface area contributed by atoms with Crippen molar-refractivity contribution in [2.45, 2.75) is 23.8 Å². The lowest BCUT2D eigenvalue weighted by atomic mass is 10.0. The van der Waals surface area contributed by atoms with E-state index < -0.39 is 15.8 Å². The van der Waals surface area contributed by atoms with Crippen molar-refractivity contribution >= 4 is 21.6 Å².